The zero-order valence-electron chi connectivity index (χ0n) is 18.5. The van der Waals surface area contributed by atoms with E-state index in [4.69, 9.17) is 4.74 Å². The van der Waals surface area contributed by atoms with Crippen molar-refractivity contribution in [2.75, 3.05) is 36.5 Å². The number of amides is 1. The van der Waals surface area contributed by atoms with Gasteiger partial charge in [0, 0.05) is 31.5 Å². The van der Waals surface area contributed by atoms with E-state index in [1.54, 1.807) is 0 Å². The predicted molar refractivity (Wildman–Crippen MR) is 123 cm³/mol. The van der Waals surface area contributed by atoms with Crippen molar-refractivity contribution in [3.05, 3.63) is 53.1 Å². The molecule has 2 atom stereocenters. The topological polar surface area (TPSA) is 44.8 Å². The molecule has 0 spiro atoms. The van der Waals surface area contributed by atoms with Gasteiger partial charge in [0.05, 0.1) is 18.0 Å². The standard InChI is InChI=1S/C26H31N3O2/c1-26(2)25(30)27-21-10-4-9-19-20-16-28(14-11-22(20)29(26)23(19)21)13-5-8-17-6-3-7-18-12-15-31-24(17)18/h3-4,6-7,9-10,20,22H,5,8,11-16H2,1-2H3,(H,27,30)/t20-,22-/m0/s1. The van der Waals surface area contributed by atoms with Gasteiger partial charge in [-0.25, -0.2) is 0 Å². The number of nitrogens with zero attached hydrogens (tertiary/aromatic N) is 2. The van der Waals surface area contributed by atoms with Crippen LogP contribution in [0.3, 0.4) is 0 Å². The highest BCUT2D eigenvalue weighted by molar-refractivity contribution is 6.07. The molecule has 1 saturated heterocycles. The lowest BCUT2D eigenvalue weighted by molar-refractivity contribution is -0.120. The lowest BCUT2D eigenvalue weighted by atomic mass is 9.88. The Kier molecular flexibility index (Phi) is 4.32. The average molecular weight is 418 g/mol. The molecule has 4 aliphatic heterocycles. The summed E-state index contributed by atoms with van der Waals surface area (Å²) in [6, 6.07) is 13.4. The smallest absolute Gasteiger partial charge is 0.249 e. The van der Waals surface area contributed by atoms with Crippen LogP contribution in [0.1, 0.15) is 49.3 Å². The number of aryl methyl sites for hydroxylation is 1. The first-order valence-corrected chi connectivity index (χ1v) is 11.7. The third-order valence-electron chi connectivity index (χ3n) is 7.82. The minimum atomic E-state index is -0.502. The zero-order chi connectivity index (χ0) is 21.2. The summed E-state index contributed by atoms with van der Waals surface area (Å²) in [7, 11) is 0. The van der Waals surface area contributed by atoms with Crippen molar-refractivity contribution < 1.29 is 9.53 Å². The molecule has 5 heteroatoms. The van der Waals surface area contributed by atoms with Crippen molar-refractivity contribution in [3.63, 3.8) is 0 Å². The number of carbonyl (C=O) groups is 1. The quantitative estimate of drug-likeness (QED) is 0.818. The molecular formula is C26H31N3O2. The van der Waals surface area contributed by atoms with Crippen LogP contribution in [0, 0.1) is 0 Å². The van der Waals surface area contributed by atoms with Gasteiger partial charge in [-0.05, 0) is 62.4 Å². The molecule has 0 bridgehead atoms. The van der Waals surface area contributed by atoms with Gasteiger partial charge in [-0.2, -0.15) is 0 Å². The Morgan fingerprint density at radius 2 is 2.06 bits per heavy atom. The maximum absolute atomic E-state index is 12.8. The number of fused-ring (bicyclic) bond motifs is 4. The van der Waals surface area contributed by atoms with E-state index in [0.717, 1.165) is 63.4 Å². The highest BCUT2D eigenvalue weighted by Crippen LogP contribution is 2.53. The molecule has 162 valence electrons. The lowest BCUT2D eigenvalue weighted by Crippen LogP contribution is -2.60. The van der Waals surface area contributed by atoms with Gasteiger partial charge in [0.2, 0.25) is 5.91 Å². The summed E-state index contributed by atoms with van der Waals surface area (Å²) >= 11 is 0. The van der Waals surface area contributed by atoms with Crippen LogP contribution >= 0.6 is 0 Å². The number of benzene rings is 2. The molecule has 1 amide bonds. The Balaban J connectivity index is 1.18. The van der Waals surface area contributed by atoms with Gasteiger partial charge in [0.25, 0.3) is 0 Å². The van der Waals surface area contributed by atoms with E-state index in [1.165, 1.54) is 22.4 Å². The monoisotopic (exact) mass is 417 g/mol. The van der Waals surface area contributed by atoms with Crippen LogP contribution in [0.25, 0.3) is 0 Å². The van der Waals surface area contributed by atoms with Gasteiger partial charge < -0.3 is 19.9 Å². The van der Waals surface area contributed by atoms with E-state index in [1.807, 2.05) is 0 Å². The predicted octanol–water partition coefficient (Wildman–Crippen LogP) is 3.96. The molecule has 2 aromatic carbocycles. The molecule has 5 nitrogen and oxygen atoms in total. The molecule has 0 aromatic heterocycles. The van der Waals surface area contributed by atoms with E-state index >= 15 is 0 Å². The van der Waals surface area contributed by atoms with E-state index in [9.17, 15) is 4.79 Å². The van der Waals surface area contributed by atoms with Crippen LogP contribution in [-0.2, 0) is 17.6 Å². The summed E-state index contributed by atoms with van der Waals surface area (Å²) in [6.45, 7) is 8.25. The third-order valence-corrected chi connectivity index (χ3v) is 7.82. The Bertz CT molecular complexity index is 1050. The fourth-order valence-corrected chi connectivity index (χ4v) is 6.27. The fourth-order valence-electron chi connectivity index (χ4n) is 6.27. The van der Waals surface area contributed by atoms with Crippen molar-refractivity contribution in [3.8, 4) is 5.75 Å². The lowest BCUT2D eigenvalue weighted by Gasteiger charge is -2.47. The number of likely N-dealkylation sites (tertiary alicyclic amines) is 1. The summed E-state index contributed by atoms with van der Waals surface area (Å²) in [5, 5.41) is 3.15. The van der Waals surface area contributed by atoms with E-state index in [2.05, 4.69) is 65.4 Å². The van der Waals surface area contributed by atoms with Crippen LogP contribution in [0.5, 0.6) is 5.75 Å². The zero-order valence-corrected chi connectivity index (χ0v) is 18.5. The van der Waals surface area contributed by atoms with Crippen LogP contribution < -0.4 is 15.0 Å². The normalized spacial score (nSPS) is 25.5. The second-order valence-corrected chi connectivity index (χ2v) is 10.00. The fraction of sp³-hybridized carbons (Fsp3) is 0.500. The Labute approximate surface area is 184 Å². The van der Waals surface area contributed by atoms with Gasteiger partial charge in [-0.3, -0.25) is 4.79 Å². The molecule has 4 heterocycles. The maximum Gasteiger partial charge on any atom is 0.249 e. The molecule has 4 aliphatic rings. The van der Waals surface area contributed by atoms with Crippen LogP contribution in [-0.4, -0.2) is 48.6 Å². The molecule has 0 unspecified atom stereocenters. The molecule has 6 rings (SSSR count). The minimum absolute atomic E-state index is 0.109. The first-order valence-electron chi connectivity index (χ1n) is 11.7. The molecule has 31 heavy (non-hydrogen) atoms. The molecule has 2 aromatic rings. The molecule has 1 N–H and O–H groups in total. The number of nitrogens with one attached hydrogen (secondary N) is 1. The largest absolute Gasteiger partial charge is 0.493 e. The van der Waals surface area contributed by atoms with Gasteiger partial charge in [0.1, 0.15) is 11.3 Å². The third kappa shape index (κ3) is 2.89. The summed E-state index contributed by atoms with van der Waals surface area (Å²) in [4.78, 5) is 17.9. The molecule has 0 radical (unpaired) electrons. The van der Waals surface area contributed by atoms with E-state index < -0.39 is 5.54 Å². The Morgan fingerprint density at radius 1 is 1.19 bits per heavy atom. The Hall–Kier alpha value is -2.53. The maximum atomic E-state index is 12.8. The number of piperidine rings is 1. The summed E-state index contributed by atoms with van der Waals surface area (Å²) in [6.07, 6.45) is 4.38. The number of hydrogen-bond acceptors (Lipinski definition) is 4. The van der Waals surface area contributed by atoms with Gasteiger partial charge >= 0.3 is 0 Å². The molecule has 1 fully saturated rings. The van der Waals surface area contributed by atoms with Crippen LogP contribution in [0.4, 0.5) is 11.4 Å². The summed E-state index contributed by atoms with van der Waals surface area (Å²) in [5.74, 6) is 1.73. The highest BCUT2D eigenvalue weighted by atomic mass is 16.5. The summed E-state index contributed by atoms with van der Waals surface area (Å²) in [5.41, 5.74) is 5.90. The molecule has 0 aliphatic carbocycles. The number of anilines is 2. The Morgan fingerprint density at radius 3 is 2.97 bits per heavy atom. The highest BCUT2D eigenvalue weighted by Gasteiger charge is 2.52. The van der Waals surface area contributed by atoms with Crippen molar-refractivity contribution in [2.45, 2.75) is 57.0 Å². The average Bonchev–Trinajstić information content (AvgIpc) is 3.37. The van der Waals surface area contributed by atoms with Gasteiger partial charge in [-0.15, -0.1) is 0 Å². The van der Waals surface area contributed by atoms with Crippen molar-refractivity contribution in [2.24, 2.45) is 0 Å². The van der Waals surface area contributed by atoms with Crippen molar-refractivity contribution in [1.82, 2.24) is 4.90 Å². The number of rotatable bonds is 4. The second kappa shape index (κ2) is 6.99. The van der Waals surface area contributed by atoms with Crippen LogP contribution in [0.15, 0.2) is 36.4 Å². The van der Waals surface area contributed by atoms with E-state index in [0.29, 0.717) is 12.0 Å². The first-order chi connectivity index (χ1) is 15.0. The molecular weight excluding hydrogens is 386 g/mol. The number of ether oxygens (including phenoxy) is 1. The number of carbonyl (C=O) groups excluding carboxylic acids is 1. The summed E-state index contributed by atoms with van der Waals surface area (Å²) < 4.78 is 5.88. The SMILES string of the molecule is CC1(C)C(=O)Nc2cccc3c2N1[C@H]1CCN(CCCc2cccc4c2OCC4)C[C@@H]31. The van der Waals surface area contributed by atoms with Crippen LogP contribution in [0.2, 0.25) is 0 Å². The van der Waals surface area contributed by atoms with Gasteiger partial charge in [-0.1, -0.05) is 30.3 Å². The van der Waals surface area contributed by atoms with Crippen molar-refractivity contribution >= 4 is 17.3 Å². The van der Waals surface area contributed by atoms with Crippen molar-refractivity contribution in [1.29, 1.82) is 0 Å². The minimum Gasteiger partial charge on any atom is -0.493 e. The molecule has 0 saturated carbocycles. The number of para-hydroxylation sites is 2. The van der Waals surface area contributed by atoms with E-state index in [-0.39, 0.29) is 5.91 Å². The first kappa shape index (κ1) is 19.2. The van der Waals surface area contributed by atoms with Gasteiger partial charge in [0.15, 0.2) is 0 Å². The number of hydrogen-bond donors (Lipinski definition) is 1. The second-order valence-electron chi connectivity index (χ2n) is 10.00.